The van der Waals surface area contributed by atoms with Gasteiger partial charge in [0.25, 0.3) is 0 Å². The predicted molar refractivity (Wildman–Crippen MR) is 90.8 cm³/mol. The summed E-state index contributed by atoms with van der Waals surface area (Å²) >= 11 is 2.38. The van der Waals surface area contributed by atoms with Gasteiger partial charge in [0.05, 0.1) is 27.5 Å². The monoisotopic (exact) mass is 376 g/mol. The number of esters is 2. The van der Waals surface area contributed by atoms with Crippen molar-refractivity contribution in [3.05, 3.63) is 22.1 Å². The number of carbonyl (C=O) groups excluding carboxylic acids is 4. The summed E-state index contributed by atoms with van der Waals surface area (Å²) < 4.78 is 10.7. The highest BCUT2D eigenvalue weighted by Gasteiger charge is 2.34. The topological polar surface area (TPSA) is 86.7 Å². The molecule has 2 aromatic heterocycles. The number of ether oxygens (including phenoxy) is 2. The molecule has 6 nitrogen and oxygen atoms in total. The van der Waals surface area contributed by atoms with E-state index in [0.717, 1.165) is 21.8 Å². The lowest BCUT2D eigenvalue weighted by Crippen LogP contribution is -2.11. The molecular weight excluding hydrogens is 364 g/mol. The molecule has 0 saturated heterocycles. The molecule has 2 aliphatic heterocycles. The molecule has 0 unspecified atom stereocenters. The minimum atomic E-state index is -0.582. The van der Waals surface area contributed by atoms with E-state index < -0.39 is 11.9 Å². The highest BCUT2D eigenvalue weighted by Crippen LogP contribution is 2.52. The van der Waals surface area contributed by atoms with Gasteiger partial charge < -0.3 is 9.47 Å². The number of aryl methyl sites for hydroxylation is 1. The summed E-state index contributed by atoms with van der Waals surface area (Å²) in [4.78, 5) is 50.5. The first-order chi connectivity index (χ1) is 11.9. The summed E-state index contributed by atoms with van der Waals surface area (Å²) in [5, 5.41) is 0.137. The Kier molecular flexibility index (Phi) is 3.81. The van der Waals surface area contributed by atoms with Crippen LogP contribution < -0.4 is 9.47 Å². The Balaban J connectivity index is 2.00. The van der Waals surface area contributed by atoms with Crippen LogP contribution in [-0.4, -0.2) is 23.5 Å². The lowest BCUT2D eigenvalue weighted by Gasteiger charge is -2.05. The molecule has 0 N–H and O–H groups in total. The first kappa shape index (κ1) is 16.2. The lowest BCUT2D eigenvalue weighted by molar-refractivity contribution is -0.134. The van der Waals surface area contributed by atoms with Crippen LogP contribution in [0.3, 0.4) is 0 Å². The fourth-order valence-electron chi connectivity index (χ4n) is 2.80. The molecule has 0 amide bonds. The highest BCUT2D eigenvalue weighted by molar-refractivity contribution is 7.24. The average molecular weight is 376 g/mol. The number of hydrogen-bond acceptors (Lipinski definition) is 8. The summed E-state index contributed by atoms with van der Waals surface area (Å²) in [6.07, 6.45) is -0.0146. The van der Waals surface area contributed by atoms with Crippen LogP contribution >= 0.6 is 22.7 Å². The molecule has 0 saturated carbocycles. The number of Topliss-reactive ketones (excluding diaryl/α,β-unsaturated/α-hetero) is 2. The van der Waals surface area contributed by atoms with Gasteiger partial charge >= 0.3 is 11.9 Å². The number of thiophene rings is 2. The van der Waals surface area contributed by atoms with E-state index in [1.165, 1.54) is 11.3 Å². The Hall–Kier alpha value is -2.32. The smallest absolute Gasteiger partial charge is 0.312 e. The maximum Gasteiger partial charge on any atom is 0.312 e. The average Bonchev–Trinajstić information content (AvgIpc) is 3.05. The van der Waals surface area contributed by atoms with Gasteiger partial charge in [-0.1, -0.05) is 11.3 Å². The molecule has 0 radical (unpaired) electrons. The van der Waals surface area contributed by atoms with Crippen LogP contribution in [-0.2, 0) is 9.59 Å². The van der Waals surface area contributed by atoms with Crippen molar-refractivity contribution in [3.8, 4) is 20.6 Å². The van der Waals surface area contributed by atoms with Crippen LogP contribution in [0.4, 0.5) is 0 Å². The first-order valence-electron chi connectivity index (χ1n) is 7.69. The SMILES string of the molecule is Cc1cc2sc1-c1sc(c3c1OC(=O)CCC3=O)OC(=O)CCC2=O. The molecule has 0 atom stereocenters. The van der Waals surface area contributed by atoms with Gasteiger partial charge in [0.2, 0.25) is 0 Å². The number of ketones is 2. The summed E-state index contributed by atoms with van der Waals surface area (Å²) in [7, 11) is 0. The van der Waals surface area contributed by atoms with Crippen LogP contribution in [0.2, 0.25) is 0 Å². The van der Waals surface area contributed by atoms with E-state index in [0.29, 0.717) is 9.75 Å². The van der Waals surface area contributed by atoms with E-state index in [-0.39, 0.29) is 53.6 Å². The molecule has 0 fully saturated rings. The molecular formula is C17H12O6S2. The van der Waals surface area contributed by atoms with Crippen molar-refractivity contribution in [3.63, 3.8) is 0 Å². The molecule has 8 heteroatoms. The van der Waals surface area contributed by atoms with Gasteiger partial charge in [-0.2, -0.15) is 0 Å². The molecule has 0 aromatic carbocycles. The second-order valence-corrected chi connectivity index (χ2v) is 7.88. The van der Waals surface area contributed by atoms with Crippen LogP contribution in [0.15, 0.2) is 6.07 Å². The largest absolute Gasteiger partial charge is 0.424 e. The third-order valence-corrected chi connectivity index (χ3v) is 6.54. The zero-order valence-electron chi connectivity index (χ0n) is 13.2. The number of hydrogen-bond donors (Lipinski definition) is 0. The minimum absolute atomic E-state index is 0.0136. The second kappa shape index (κ2) is 5.89. The summed E-state index contributed by atoms with van der Waals surface area (Å²) in [5.74, 6) is -1.35. The maximum absolute atomic E-state index is 12.5. The van der Waals surface area contributed by atoms with E-state index in [9.17, 15) is 19.2 Å². The Morgan fingerprint density at radius 2 is 1.52 bits per heavy atom. The van der Waals surface area contributed by atoms with E-state index in [4.69, 9.17) is 9.47 Å². The van der Waals surface area contributed by atoms with Gasteiger partial charge in [-0.3, -0.25) is 19.2 Å². The van der Waals surface area contributed by atoms with Crippen LogP contribution in [0.1, 0.15) is 51.3 Å². The molecule has 0 spiro atoms. The Labute approximate surface area is 150 Å². The van der Waals surface area contributed by atoms with Crippen LogP contribution in [0.25, 0.3) is 9.75 Å². The van der Waals surface area contributed by atoms with Crippen molar-refractivity contribution in [2.24, 2.45) is 0 Å². The van der Waals surface area contributed by atoms with Gasteiger partial charge in [0.1, 0.15) is 5.56 Å². The summed E-state index contributed by atoms with van der Waals surface area (Å²) in [6.45, 7) is 1.85. The molecule has 25 heavy (non-hydrogen) atoms. The zero-order valence-corrected chi connectivity index (χ0v) is 14.8. The van der Waals surface area contributed by atoms with Crippen molar-refractivity contribution in [1.29, 1.82) is 0 Å². The second-order valence-electron chi connectivity index (χ2n) is 5.84. The third-order valence-electron chi connectivity index (χ3n) is 4.04. The predicted octanol–water partition coefficient (Wildman–Crippen LogP) is 3.55. The number of carbonyl (C=O) groups is 4. The fraction of sp³-hybridized carbons (Fsp3) is 0.294. The quantitative estimate of drug-likeness (QED) is 0.654. The van der Waals surface area contributed by atoms with Gasteiger partial charge in [-0.15, -0.1) is 11.3 Å². The molecule has 128 valence electrons. The molecule has 0 aliphatic carbocycles. The molecule has 4 bridgehead atoms. The van der Waals surface area contributed by atoms with Crippen molar-refractivity contribution < 1.29 is 28.7 Å². The maximum atomic E-state index is 12.5. The van der Waals surface area contributed by atoms with Gasteiger partial charge in [0, 0.05) is 12.8 Å². The van der Waals surface area contributed by atoms with E-state index >= 15 is 0 Å². The normalized spacial score (nSPS) is 17.3. The van der Waals surface area contributed by atoms with Crippen LogP contribution in [0.5, 0.6) is 10.8 Å². The Morgan fingerprint density at radius 1 is 0.840 bits per heavy atom. The molecule has 4 heterocycles. The summed E-state index contributed by atoms with van der Waals surface area (Å²) in [6, 6.07) is 1.77. The van der Waals surface area contributed by atoms with E-state index in [1.54, 1.807) is 6.07 Å². The first-order valence-corrected chi connectivity index (χ1v) is 9.32. The van der Waals surface area contributed by atoms with E-state index in [1.807, 2.05) is 6.92 Å². The van der Waals surface area contributed by atoms with Gasteiger partial charge in [0.15, 0.2) is 22.4 Å². The highest BCUT2D eigenvalue weighted by atomic mass is 32.1. The number of fused-ring (bicyclic) bond motifs is 8. The third kappa shape index (κ3) is 2.71. The van der Waals surface area contributed by atoms with Crippen molar-refractivity contribution in [2.45, 2.75) is 32.6 Å². The Morgan fingerprint density at radius 3 is 2.28 bits per heavy atom. The number of rotatable bonds is 0. The molecule has 2 aromatic rings. The Bertz CT molecular complexity index is 949. The zero-order chi connectivity index (χ0) is 17.7. The molecule has 2 aliphatic rings. The lowest BCUT2D eigenvalue weighted by atomic mass is 10.1. The minimum Gasteiger partial charge on any atom is -0.424 e. The van der Waals surface area contributed by atoms with Gasteiger partial charge in [-0.05, 0) is 18.6 Å². The van der Waals surface area contributed by atoms with E-state index in [2.05, 4.69) is 0 Å². The van der Waals surface area contributed by atoms with Crippen molar-refractivity contribution in [2.75, 3.05) is 0 Å². The fourth-order valence-corrected chi connectivity index (χ4v) is 5.24. The van der Waals surface area contributed by atoms with Gasteiger partial charge in [-0.25, -0.2) is 0 Å². The van der Waals surface area contributed by atoms with Crippen LogP contribution in [0, 0.1) is 6.92 Å². The van der Waals surface area contributed by atoms with Crippen molar-refractivity contribution in [1.82, 2.24) is 0 Å². The standard InChI is InChI=1S/C17H12O6S2/c1-7-6-10-8(18)2-4-12(21)23-17-13-9(19)3-5-11(20)22-14(13)16(25-17)15(7)24-10/h6H,2-5H2,1H3. The van der Waals surface area contributed by atoms with Crippen molar-refractivity contribution >= 4 is 46.2 Å². The summed E-state index contributed by atoms with van der Waals surface area (Å²) in [5.41, 5.74) is 1.00. The molecule has 4 rings (SSSR count).